The highest BCUT2D eigenvalue weighted by molar-refractivity contribution is 7.13. The van der Waals surface area contributed by atoms with Crippen molar-refractivity contribution in [2.24, 2.45) is 7.05 Å². The first-order valence-corrected chi connectivity index (χ1v) is 8.11. The van der Waals surface area contributed by atoms with Gasteiger partial charge >= 0.3 is 5.69 Å². The predicted octanol–water partition coefficient (Wildman–Crippen LogP) is 3.26. The highest BCUT2D eigenvalue weighted by Crippen LogP contribution is 2.25. The van der Waals surface area contributed by atoms with Gasteiger partial charge in [0.25, 0.3) is 0 Å². The van der Waals surface area contributed by atoms with Crippen LogP contribution in [0.3, 0.4) is 0 Å². The Morgan fingerprint density at radius 1 is 1.23 bits per heavy atom. The lowest BCUT2D eigenvalue weighted by atomic mass is 10.1. The molecular formula is C17H15N3OS. The monoisotopic (exact) mass is 309 g/mol. The van der Waals surface area contributed by atoms with Crippen molar-refractivity contribution in [2.75, 3.05) is 0 Å². The van der Waals surface area contributed by atoms with Crippen molar-refractivity contribution >= 4 is 17.4 Å². The molecule has 0 unspecified atom stereocenters. The Balaban J connectivity index is 1.83. The van der Waals surface area contributed by atoms with Crippen molar-refractivity contribution in [1.29, 1.82) is 0 Å². The number of rotatable bonds is 2. The second-order valence-corrected chi connectivity index (χ2v) is 6.23. The van der Waals surface area contributed by atoms with E-state index in [1.165, 1.54) is 0 Å². The quantitative estimate of drug-likeness (QED) is 0.729. The minimum Gasteiger partial charge on any atom is -0.295 e. The van der Waals surface area contributed by atoms with E-state index in [4.69, 9.17) is 0 Å². The zero-order valence-electron chi connectivity index (χ0n) is 12.2. The lowest BCUT2D eigenvalue weighted by Crippen LogP contribution is -2.22. The molecular weight excluding hydrogens is 294 g/mol. The second kappa shape index (κ2) is 5.10. The Hall–Kier alpha value is -2.40. The van der Waals surface area contributed by atoms with Crippen LogP contribution in [0, 0.1) is 0 Å². The van der Waals surface area contributed by atoms with Gasteiger partial charge < -0.3 is 0 Å². The van der Waals surface area contributed by atoms with Crippen molar-refractivity contribution in [3.05, 3.63) is 63.8 Å². The molecule has 0 aliphatic heterocycles. The SMILES string of the molecule is Cn1c2c(n(-c3ccc(-c4nccs4)cc3)c1=O)CCC=C2. The molecule has 0 atom stereocenters. The fraction of sp³-hybridized carbons (Fsp3) is 0.176. The predicted molar refractivity (Wildman–Crippen MR) is 89.5 cm³/mol. The van der Waals surface area contributed by atoms with Gasteiger partial charge in [-0.25, -0.2) is 9.78 Å². The summed E-state index contributed by atoms with van der Waals surface area (Å²) >= 11 is 1.61. The number of benzene rings is 1. The summed E-state index contributed by atoms with van der Waals surface area (Å²) < 4.78 is 3.55. The molecule has 0 N–H and O–H groups in total. The summed E-state index contributed by atoms with van der Waals surface area (Å²) in [5, 5.41) is 2.96. The van der Waals surface area contributed by atoms with E-state index < -0.39 is 0 Å². The van der Waals surface area contributed by atoms with Crippen LogP contribution in [0.15, 0.2) is 46.7 Å². The highest BCUT2D eigenvalue weighted by Gasteiger charge is 2.18. The molecule has 4 rings (SSSR count). The Morgan fingerprint density at radius 2 is 2.05 bits per heavy atom. The lowest BCUT2D eigenvalue weighted by molar-refractivity contribution is 0.812. The molecule has 2 aromatic heterocycles. The Labute approximate surface area is 132 Å². The summed E-state index contributed by atoms with van der Waals surface area (Å²) in [4.78, 5) is 16.9. The molecule has 0 spiro atoms. The van der Waals surface area contributed by atoms with E-state index in [-0.39, 0.29) is 5.69 Å². The largest absolute Gasteiger partial charge is 0.333 e. The van der Waals surface area contributed by atoms with Gasteiger partial charge in [0.05, 0.1) is 17.1 Å². The lowest BCUT2D eigenvalue weighted by Gasteiger charge is -2.10. The molecule has 3 aromatic rings. The zero-order valence-corrected chi connectivity index (χ0v) is 13.0. The van der Waals surface area contributed by atoms with E-state index >= 15 is 0 Å². The number of fused-ring (bicyclic) bond motifs is 1. The van der Waals surface area contributed by atoms with Gasteiger partial charge in [0.15, 0.2) is 0 Å². The Kier molecular flexibility index (Phi) is 3.08. The molecule has 22 heavy (non-hydrogen) atoms. The van der Waals surface area contributed by atoms with Crippen molar-refractivity contribution in [1.82, 2.24) is 14.1 Å². The smallest absolute Gasteiger partial charge is 0.295 e. The average molecular weight is 309 g/mol. The zero-order chi connectivity index (χ0) is 15.1. The first-order valence-electron chi connectivity index (χ1n) is 7.23. The van der Waals surface area contributed by atoms with E-state index in [1.54, 1.807) is 22.1 Å². The first kappa shape index (κ1) is 13.3. The molecule has 0 saturated heterocycles. The van der Waals surface area contributed by atoms with Gasteiger partial charge in [0.2, 0.25) is 0 Å². The summed E-state index contributed by atoms with van der Waals surface area (Å²) in [5.74, 6) is 0. The summed E-state index contributed by atoms with van der Waals surface area (Å²) in [7, 11) is 1.83. The number of nitrogens with zero attached hydrogens (tertiary/aromatic N) is 3. The van der Waals surface area contributed by atoms with Gasteiger partial charge in [-0.3, -0.25) is 9.13 Å². The van der Waals surface area contributed by atoms with E-state index in [0.29, 0.717) is 0 Å². The normalized spacial score (nSPS) is 13.3. The van der Waals surface area contributed by atoms with Crippen LogP contribution < -0.4 is 5.69 Å². The summed E-state index contributed by atoms with van der Waals surface area (Å²) in [6.07, 6.45) is 7.85. The topological polar surface area (TPSA) is 39.8 Å². The minimum atomic E-state index is 0.0125. The van der Waals surface area contributed by atoms with Crippen molar-refractivity contribution in [3.63, 3.8) is 0 Å². The molecule has 1 aliphatic rings. The molecule has 0 bridgehead atoms. The number of hydrogen-bond donors (Lipinski definition) is 0. The molecule has 1 aromatic carbocycles. The van der Waals surface area contributed by atoms with Gasteiger partial charge in [-0.1, -0.05) is 6.08 Å². The number of allylic oxidation sites excluding steroid dienone is 1. The van der Waals surface area contributed by atoms with Crippen molar-refractivity contribution in [3.8, 4) is 16.3 Å². The first-order chi connectivity index (χ1) is 10.8. The third-order valence-electron chi connectivity index (χ3n) is 4.03. The van der Waals surface area contributed by atoms with Crippen LogP contribution in [-0.4, -0.2) is 14.1 Å². The van der Waals surface area contributed by atoms with Gasteiger partial charge in [-0.05, 0) is 43.2 Å². The van der Waals surface area contributed by atoms with Crippen LogP contribution in [0.25, 0.3) is 22.3 Å². The van der Waals surface area contributed by atoms with Crippen LogP contribution in [0.1, 0.15) is 17.8 Å². The molecule has 2 heterocycles. The molecule has 4 nitrogen and oxygen atoms in total. The maximum atomic E-state index is 12.6. The van der Waals surface area contributed by atoms with Gasteiger partial charge in [0.1, 0.15) is 5.01 Å². The summed E-state index contributed by atoms with van der Waals surface area (Å²) in [6, 6.07) is 8.05. The second-order valence-electron chi connectivity index (χ2n) is 5.33. The van der Waals surface area contributed by atoms with Gasteiger partial charge in [-0.15, -0.1) is 11.3 Å². The van der Waals surface area contributed by atoms with E-state index in [1.807, 2.05) is 47.3 Å². The third-order valence-corrected chi connectivity index (χ3v) is 4.86. The molecule has 0 radical (unpaired) electrons. The van der Waals surface area contributed by atoms with Gasteiger partial charge in [0, 0.05) is 24.2 Å². The number of imidazole rings is 1. The summed E-state index contributed by atoms with van der Waals surface area (Å²) in [5.41, 5.74) is 4.12. The summed E-state index contributed by atoms with van der Waals surface area (Å²) in [6.45, 7) is 0. The number of thiazole rings is 1. The van der Waals surface area contributed by atoms with Crippen LogP contribution in [0.2, 0.25) is 0 Å². The molecule has 1 aliphatic carbocycles. The molecule has 110 valence electrons. The van der Waals surface area contributed by atoms with Crippen LogP contribution >= 0.6 is 11.3 Å². The van der Waals surface area contributed by atoms with E-state index in [2.05, 4.69) is 11.1 Å². The molecule has 0 amide bonds. The van der Waals surface area contributed by atoms with Crippen LogP contribution in [0.4, 0.5) is 0 Å². The van der Waals surface area contributed by atoms with Crippen molar-refractivity contribution < 1.29 is 0 Å². The molecule has 5 heteroatoms. The number of hydrogen-bond acceptors (Lipinski definition) is 3. The Bertz CT molecular complexity index is 899. The maximum Gasteiger partial charge on any atom is 0.333 e. The van der Waals surface area contributed by atoms with E-state index in [9.17, 15) is 4.79 Å². The van der Waals surface area contributed by atoms with Crippen LogP contribution in [0.5, 0.6) is 0 Å². The average Bonchev–Trinajstić information content (AvgIpc) is 3.17. The van der Waals surface area contributed by atoms with E-state index in [0.717, 1.165) is 40.5 Å². The maximum absolute atomic E-state index is 12.6. The fourth-order valence-electron chi connectivity index (χ4n) is 2.92. The highest BCUT2D eigenvalue weighted by atomic mass is 32.1. The molecule has 0 fully saturated rings. The third kappa shape index (κ3) is 1.97. The number of aromatic nitrogens is 3. The van der Waals surface area contributed by atoms with Crippen LogP contribution in [-0.2, 0) is 13.5 Å². The minimum absolute atomic E-state index is 0.0125. The standard InChI is InChI=1S/C17H15N3OS/c1-19-14-4-2-3-5-15(14)20(17(19)21)13-8-6-12(7-9-13)16-18-10-11-22-16/h2,4,6-11H,3,5H2,1H3. The fourth-order valence-corrected chi connectivity index (χ4v) is 3.57. The van der Waals surface area contributed by atoms with Crippen molar-refractivity contribution in [2.45, 2.75) is 12.8 Å². The van der Waals surface area contributed by atoms with Gasteiger partial charge in [-0.2, -0.15) is 0 Å². The molecule has 0 saturated carbocycles. The Morgan fingerprint density at radius 3 is 2.77 bits per heavy atom.